The van der Waals surface area contributed by atoms with Gasteiger partial charge in [-0.25, -0.2) is 12.8 Å². The van der Waals surface area contributed by atoms with Crippen LogP contribution < -0.4 is 9.62 Å². The van der Waals surface area contributed by atoms with E-state index >= 15 is 0 Å². The van der Waals surface area contributed by atoms with Gasteiger partial charge in [-0.15, -0.1) is 0 Å². The van der Waals surface area contributed by atoms with E-state index in [0.29, 0.717) is 18.7 Å². The summed E-state index contributed by atoms with van der Waals surface area (Å²) in [4.78, 5) is 25.8. The number of para-hydroxylation sites is 1. The van der Waals surface area contributed by atoms with Gasteiger partial charge in [-0.1, -0.05) is 6.07 Å². The van der Waals surface area contributed by atoms with E-state index in [9.17, 15) is 22.4 Å². The van der Waals surface area contributed by atoms with Gasteiger partial charge in [-0.2, -0.15) is 0 Å². The normalized spacial score (nSPS) is 13.7. The smallest absolute Gasteiger partial charge is 0.264 e. The zero-order chi connectivity index (χ0) is 20.5. The highest BCUT2D eigenvalue weighted by molar-refractivity contribution is 7.92. The third-order valence-corrected chi connectivity index (χ3v) is 6.33. The molecule has 0 saturated carbocycles. The van der Waals surface area contributed by atoms with Crippen molar-refractivity contribution in [1.29, 1.82) is 0 Å². The van der Waals surface area contributed by atoms with Crippen LogP contribution in [0.2, 0.25) is 0 Å². The molecule has 0 atom stereocenters. The van der Waals surface area contributed by atoms with Crippen molar-refractivity contribution in [3.05, 3.63) is 53.8 Å². The molecule has 0 fully saturated rings. The van der Waals surface area contributed by atoms with E-state index in [1.165, 1.54) is 36.4 Å². The number of nitrogens with one attached hydrogen (secondary N) is 1. The summed E-state index contributed by atoms with van der Waals surface area (Å²) < 4.78 is 41.0. The molecule has 0 spiro atoms. The van der Waals surface area contributed by atoms with Crippen molar-refractivity contribution < 1.29 is 22.4 Å². The summed E-state index contributed by atoms with van der Waals surface area (Å²) in [6, 6.07) is 9.44. The number of amides is 2. The topological polar surface area (TPSA) is 86.8 Å². The summed E-state index contributed by atoms with van der Waals surface area (Å²) in [5.74, 6) is -1.54. The van der Waals surface area contributed by atoms with Gasteiger partial charge in [0.2, 0.25) is 5.91 Å². The summed E-state index contributed by atoms with van der Waals surface area (Å²) in [7, 11) is -4.12. The summed E-state index contributed by atoms with van der Waals surface area (Å²) in [5.41, 5.74) is 0.254. The highest BCUT2D eigenvalue weighted by Crippen LogP contribution is 2.35. The Labute approximate surface area is 162 Å². The van der Waals surface area contributed by atoms with Crippen molar-refractivity contribution >= 4 is 33.2 Å². The predicted octanol–water partition coefficient (Wildman–Crippen LogP) is 2.46. The number of anilines is 2. The molecule has 1 aliphatic heterocycles. The molecule has 9 heteroatoms. The van der Waals surface area contributed by atoms with Crippen LogP contribution in [0.3, 0.4) is 0 Å². The first-order valence-corrected chi connectivity index (χ1v) is 10.2. The first-order chi connectivity index (χ1) is 13.3. The predicted molar refractivity (Wildman–Crippen MR) is 103 cm³/mol. The third-order valence-electron chi connectivity index (χ3n) is 4.55. The van der Waals surface area contributed by atoms with Gasteiger partial charge in [0.25, 0.3) is 15.9 Å². The molecule has 3 rings (SSSR count). The fourth-order valence-corrected chi connectivity index (χ4v) is 4.48. The van der Waals surface area contributed by atoms with Crippen LogP contribution in [0.1, 0.15) is 24.2 Å². The van der Waals surface area contributed by atoms with Gasteiger partial charge in [-0.3, -0.25) is 13.9 Å². The third kappa shape index (κ3) is 3.45. The highest BCUT2D eigenvalue weighted by Gasteiger charge is 2.33. The van der Waals surface area contributed by atoms with E-state index in [4.69, 9.17) is 0 Å². The molecule has 2 aromatic rings. The van der Waals surface area contributed by atoms with E-state index in [-0.39, 0.29) is 22.2 Å². The lowest BCUT2D eigenvalue weighted by molar-refractivity contribution is -0.115. The van der Waals surface area contributed by atoms with E-state index in [2.05, 4.69) is 5.32 Å². The zero-order valence-corrected chi connectivity index (χ0v) is 16.3. The van der Waals surface area contributed by atoms with E-state index in [0.717, 1.165) is 10.4 Å². The van der Waals surface area contributed by atoms with Crippen LogP contribution in [0, 0.1) is 5.82 Å². The summed E-state index contributed by atoms with van der Waals surface area (Å²) in [6.07, 6.45) is 0. The van der Waals surface area contributed by atoms with Crippen LogP contribution >= 0.6 is 0 Å². The molecule has 2 amide bonds. The van der Waals surface area contributed by atoms with Gasteiger partial charge in [0.05, 0.1) is 10.6 Å². The lowest BCUT2D eigenvalue weighted by Crippen LogP contribution is -2.42. The molecular formula is C19H20FN3O4S. The molecule has 2 aromatic carbocycles. The van der Waals surface area contributed by atoms with E-state index in [1.807, 2.05) is 13.8 Å². The minimum absolute atomic E-state index is 0.0582. The van der Waals surface area contributed by atoms with Gasteiger partial charge in [-0.05, 0) is 50.2 Å². The lowest BCUT2D eigenvalue weighted by Gasteiger charge is -2.30. The average Bonchev–Trinajstić information content (AvgIpc) is 2.69. The molecule has 148 valence electrons. The second-order valence-electron chi connectivity index (χ2n) is 6.20. The molecule has 7 nitrogen and oxygen atoms in total. The molecule has 28 heavy (non-hydrogen) atoms. The van der Waals surface area contributed by atoms with Crippen molar-refractivity contribution in [2.75, 3.05) is 29.3 Å². The molecule has 0 saturated heterocycles. The fraction of sp³-hybridized carbons (Fsp3) is 0.263. The van der Waals surface area contributed by atoms with Crippen molar-refractivity contribution in [2.24, 2.45) is 0 Å². The van der Waals surface area contributed by atoms with Gasteiger partial charge < -0.3 is 10.2 Å². The minimum Gasteiger partial charge on any atom is -0.339 e. The molecule has 0 unspecified atom stereocenters. The van der Waals surface area contributed by atoms with Crippen LogP contribution in [0.15, 0.2) is 47.4 Å². The van der Waals surface area contributed by atoms with Crippen molar-refractivity contribution in [3.8, 4) is 0 Å². The Morgan fingerprint density at radius 3 is 2.39 bits per heavy atom. The maximum Gasteiger partial charge on any atom is 0.264 e. The molecule has 1 heterocycles. The monoisotopic (exact) mass is 405 g/mol. The standard InChI is InChI=1S/C19H20FN3O4S/c1-3-22(4-2)19(25)13-8-10-14(11-9-13)28(26,27)23-12-17(24)21-18-15(20)6-5-7-16(18)23/h5-11H,3-4,12H2,1-2H3,(H,21,24). The number of hydrogen-bond donors (Lipinski definition) is 1. The van der Waals surface area contributed by atoms with Crippen LogP contribution in [0.25, 0.3) is 0 Å². The second kappa shape index (κ2) is 7.59. The Morgan fingerprint density at radius 2 is 1.79 bits per heavy atom. The quantitative estimate of drug-likeness (QED) is 0.828. The van der Waals surface area contributed by atoms with Crippen LogP contribution in [-0.2, 0) is 14.8 Å². The Kier molecular flexibility index (Phi) is 5.37. The second-order valence-corrected chi connectivity index (χ2v) is 8.06. The van der Waals surface area contributed by atoms with E-state index < -0.39 is 28.3 Å². The lowest BCUT2D eigenvalue weighted by atomic mass is 10.2. The van der Waals surface area contributed by atoms with Crippen LogP contribution in [0.4, 0.5) is 15.8 Å². The first kappa shape index (κ1) is 19.8. The average molecular weight is 405 g/mol. The summed E-state index contributed by atoms with van der Waals surface area (Å²) in [5, 5.41) is 2.36. The van der Waals surface area contributed by atoms with Crippen LogP contribution in [0.5, 0.6) is 0 Å². The van der Waals surface area contributed by atoms with E-state index in [1.54, 1.807) is 4.90 Å². The number of benzene rings is 2. The largest absolute Gasteiger partial charge is 0.339 e. The first-order valence-electron chi connectivity index (χ1n) is 8.80. The molecular weight excluding hydrogens is 385 g/mol. The molecule has 0 aromatic heterocycles. The molecule has 1 aliphatic rings. The van der Waals surface area contributed by atoms with Gasteiger partial charge >= 0.3 is 0 Å². The van der Waals surface area contributed by atoms with Crippen molar-refractivity contribution in [2.45, 2.75) is 18.7 Å². The number of fused-ring (bicyclic) bond motifs is 1. The highest BCUT2D eigenvalue weighted by atomic mass is 32.2. The zero-order valence-electron chi connectivity index (χ0n) is 15.5. The van der Waals surface area contributed by atoms with Crippen LogP contribution in [-0.4, -0.2) is 44.8 Å². The Balaban J connectivity index is 1.97. The maximum atomic E-state index is 14.0. The molecule has 1 N–H and O–H groups in total. The number of carbonyl (C=O) groups is 2. The molecule has 0 radical (unpaired) electrons. The van der Waals surface area contributed by atoms with Gasteiger partial charge in [0, 0.05) is 18.7 Å². The number of rotatable bonds is 5. The van der Waals surface area contributed by atoms with Gasteiger partial charge in [0.15, 0.2) is 0 Å². The number of halogens is 1. The number of sulfonamides is 1. The summed E-state index contributed by atoms with van der Waals surface area (Å²) in [6.45, 7) is 4.34. The van der Waals surface area contributed by atoms with Gasteiger partial charge in [0.1, 0.15) is 18.0 Å². The Morgan fingerprint density at radius 1 is 1.14 bits per heavy atom. The Hall–Kier alpha value is -2.94. The minimum atomic E-state index is -4.12. The maximum absolute atomic E-state index is 14.0. The van der Waals surface area contributed by atoms with Crippen molar-refractivity contribution in [3.63, 3.8) is 0 Å². The number of hydrogen-bond acceptors (Lipinski definition) is 4. The van der Waals surface area contributed by atoms with Crippen molar-refractivity contribution in [1.82, 2.24) is 4.90 Å². The number of carbonyl (C=O) groups excluding carboxylic acids is 2. The fourth-order valence-electron chi connectivity index (χ4n) is 3.04. The SMILES string of the molecule is CCN(CC)C(=O)c1ccc(S(=O)(=O)N2CC(=O)Nc3c(F)cccc32)cc1. The molecule has 0 bridgehead atoms. The molecule has 0 aliphatic carbocycles. The number of nitrogens with zero attached hydrogens (tertiary/aromatic N) is 2. The summed E-state index contributed by atoms with van der Waals surface area (Å²) >= 11 is 0. The Bertz CT molecular complexity index is 1020.